The minimum Gasteiger partial charge on any atom is -0.489 e. The molecule has 0 unspecified atom stereocenters. The first-order chi connectivity index (χ1) is 8.31. The van der Waals surface area contributed by atoms with Gasteiger partial charge in [-0.1, -0.05) is 19.1 Å². The van der Waals surface area contributed by atoms with E-state index in [0.717, 1.165) is 28.9 Å². The maximum atomic E-state index is 10.5. The van der Waals surface area contributed by atoms with Crippen LogP contribution in [0.3, 0.4) is 0 Å². The summed E-state index contributed by atoms with van der Waals surface area (Å²) in [5.74, 6) is 0.862. The van der Waals surface area contributed by atoms with Crippen molar-refractivity contribution >= 4 is 17.6 Å². The Morgan fingerprint density at radius 3 is 2.59 bits per heavy atom. The Balaban J connectivity index is 1.94. The van der Waals surface area contributed by atoms with Crippen molar-refractivity contribution in [1.82, 2.24) is 0 Å². The van der Waals surface area contributed by atoms with E-state index in [-0.39, 0.29) is 0 Å². The number of carbonyl (C=O) groups is 1. The van der Waals surface area contributed by atoms with Gasteiger partial charge in [0.1, 0.15) is 12.4 Å². The van der Waals surface area contributed by atoms with Crippen LogP contribution in [0.25, 0.3) is 0 Å². The zero-order chi connectivity index (χ0) is 12.1. The molecule has 0 aliphatic rings. The second kappa shape index (κ2) is 5.64. The first-order valence-electron chi connectivity index (χ1n) is 5.56. The van der Waals surface area contributed by atoms with E-state index < -0.39 is 0 Å². The molecule has 0 bridgehead atoms. The molecule has 17 heavy (non-hydrogen) atoms. The summed E-state index contributed by atoms with van der Waals surface area (Å²) < 4.78 is 5.64. The van der Waals surface area contributed by atoms with Gasteiger partial charge in [-0.05, 0) is 35.6 Å². The lowest BCUT2D eigenvalue weighted by Gasteiger charge is -2.05. The minimum atomic E-state index is 0.510. The highest BCUT2D eigenvalue weighted by Gasteiger charge is 2.00. The lowest BCUT2D eigenvalue weighted by Crippen LogP contribution is -1.93. The molecule has 0 amide bonds. The van der Waals surface area contributed by atoms with E-state index in [4.69, 9.17) is 4.74 Å². The van der Waals surface area contributed by atoms with Crippen molar-refractivity contribution in [2.75, 3.05) is 0 Å². The molecule has 3 heteroatoms. The van der Waals surface area contributed by atoms with Crippen molar-refractivity contribution < 1.29 is 9.53 Å². The number of aryl methyl sites for hydroxylation is 1. The molecule has 0 saturated carbocycles. The highest BCUT2D eigenvalue weighted by atomic mass is 32.1. The van der Waals surface area contributed by atoms with Crippen LogP contribution < -0.4 is 4.74 Å². The predicted molar refractivity (Wildman–Crippen MR) is 69.9 cm³/mol. The van der Waals surface area contributed by atoms with E-state index in [1.165, 1.54) is 16.9 Å². The van der Waals surface area contributed by atoms with E-state index >= 15 is 0 Å². The van der Waals surface area contributed by atoms with E-state index in [1.807, 2.05) is 23.6 Å². The van der Waals surface area contributed by atoms with Crippen LogP contribution in [0.15, 0.2) is 35.7 Å². The second-order valence-corrected chi connectivity index (χ2v) is 4.70. The Kier molecular flexibility index (Phi) is 3.94. The SMILES string of the molecule is CCc1ccc(OCc2csc(C=O)c2)cc1. The molecule has 1 aromatic heterocycles. The molecule has 2 nitrogen and oxygen atoms in total. The maximum absolute atomic E-state index is 10.5. The highest BCUT2D eigenvalue weighted by Crippen LogP contribution is 2.17. The average molecular weight is 246 g/mol. The summed E-state index contributed by atoms with van der Waals surface area (Å²) in [7, 11) is 0. The molecule has 2 aromatic rings. The molecule has 0 N–H and O–H groups in total. The van der Waals surface area contributed by atoms with Gasteiger partial charge in [-0.25, -0.2) is 0 Å². The molecule has 0 fully saturated rings. The summed E-state index contributed by atoms with van der Waals surface area (Å²) in [5.41, 5.74) is 2.34. The number of hydrogen-bond acceptors (Lipinski definition) is 3. The van der Waals surface area contributed by atoms with Gasteiger partial charge in [0, 0.05) is 5.56 Å². The second-order valence-electron chi connectivity index (χ2n) is 3.76. The van der Waals surface area contributed by atoms with Gasteiger partial charge in [0.25, 0.3) is 0 Å². The van der Waals surface area contributed by atoms with Gasteiger partial charge in [0.05, 0.1) is 4.88 Å². The summed E-state index contributed by atoms with van der Waals surface area (Å²) >= 11 is 1.44. The number of carbonyl (C=O) groups excluding carboxylic acids is 1. The van der Waals surface area contributed by atoms with Crippen LogP contribution in [0.5, 0.6) is 5.75 Å². The van der Waals surface area contributed by atoms with Crippen molar-refractivity contribution in [3.05, 3.63) is 51.7 Å². The number of hydrogen-bond donors (Lipinski definition) is 0. The van der Waals surface area contributed by atoms with Crippen LogP contribution in [-0.2, 0) is 13.0 Å². The Morgan fingerprint density at radius 2 is 2.00 bits per heavy atom. The third kappa shape index (κ3) is 3.17. The third-order valence-electron chi connectivity index (χ3n) is 2.53. The first-order valence-corrected chi connectivity index (χ1v) is 6.44. The van der Waals surface area contributed by atoms with Gasteiger partial charge in [-0.2, -0.15) is 0 Å². The zero-order valence-corrected chi connectivity index (χ0v) is 10.5. The molecule has 88 valence electrons. The fourth-order valence-electron chi connectivity index (χ4n) is 1.52. The summed E-state index contributed by atoms with van der Waals surface area (Å²) in [5, 5.41) is 1.95. The van der Waals surface area contributed by atoms with Crippen LogP contribution in [0.4, 0.5) is 0 Å². The lowest BCUT2D eigenvalue weighted by molar-refractivity contribution is 0.112. The van der Waals surface area contributed by atoms with Crippen LogP contribution >= 0.6 is 11.3 Å². The molecule has 0 radical (unpaired) electrons. The van der Waals surface area contributed by atoms with Gasteiger partial charge in [0.15, 0.2) is 6.29 Å². The fraction of sp³-hybridized carbons (Fsp3) is 0.214. The van der Waals surface area contributed by atoms with Crippen LogP contribution in [0.1, 0.15) is 27.7 Å². The molecule has 1 aromatic carbocycles. The van der Waals surface area contributed by atoms with Crippen molar-refractivity contribution in [3.63, 3.8) is 0 Å². The monoisotopic (exact) mass is 246 g/mol. The van der Waals surface area contributed by atoms with Crippen molar-refractivity contribution in [3.8, 4) is 5.75 Å². The minimum absolute atomic E-state index is 0.510. The van der Waals surface area contributed by atoms with E-state index in [2.05, 4.69) is 19.1 Å². The molecular formula is C14H14O2S. The third-order valence-corrected chi connectivity index (χ3v) is 3.43. The standard InChI is InChI=1S/C14H14O2S/c1-2-11-3-5-13(6-4-11)16-9-12-7-14(8-15)17-10-12/h3-8,10H,2,9H2,1H3. The van der Waals surface area contributed by atoms with E-state index in [1.54, 1.807) is 0 Å². The number of ether oxygens (including phenoxy) is 1. The van der Waals surface area contributed by atoms with E-state index in [9.17, 15) is 4.79 Å². The van der Waals surface area contributed by atoms with Crippen LogP contribution in [0, 0.1) is 0 Å². The summed E-state index contributed by atoms with van der Waals surface area (Å²) in [6, 6.07) is 9.95. The normalized spacial score (nSPS) is 10.2. The Morgan fingerprint density at radius 1 is 1.24 bits per heavy atom. The van der Waals surface area contributed by atoms with Gasteiger partial charge >= 0.3 is 0 Å². The first kappa shape index (κ1) is 11.9. The molecule has 1 heterocycles. The molecule has 0 atom stereocenters. The molecule has 0 saturated heterocycles. The molecule has 0 spiro atoms. The van der Waals surface area contributed by atoms with Crippen molar-refractivity contribution in [2.45, 2.75) is 20.0 Å². The quantitative estimate of drug-likeness (QED) is 0.752. The molecular weight excluding hydrogens is 232 g/mol. The summed E-state index contributed by atoms with van der Waals surface area (Å²) in [4.78, 5) is 11.3. The predicted octanol–water partition coefficient (Wildman–Crippen LogP) is 3.70. The van der Waals surface area contributed by atoms with Gasteiger partial charge in [0.2, 0.25) is 0 Å². The smallest absolute Gasteiger partial charge is 0.160 e. The maximum Gasteiger partial charge on any atom is 0.160 e. The number of benzene rings is 1. The van der Waals surface area contributed by atoms with Gasteiger partial charge in [-0.3, -0.25) is 4.79 Å². The topological polar surface area (TPSA) is 26.3 Å². The summed E-state index contributed by atoms with van der Waals surface area (Å²) in [6.45, 7) is 2.64. The summed E-state index contributed by atoms with van der Waals surface area (Å²) in [6.07, 6.45) is 1.90. The highest BCUT2D eigenvalue weighted by molar-refractivity contribution is 7.11. The van der Waals surface area contributed by atoms with Crippen LogP contribution in [-0.4, -0.2) is 6.29 Å². The Bertz CT molecular complexity index is 485. The van der Waals surface area contributed by atoms with Crippen molar-refractivity contribution in [1.29, 1.82) is 0 Å². The number of aldehydes is 1. The number of thiophene rings is 1. The van der Waals surface area contributed by atoms with Gasteiger partial charge < -0.3 is 4.74 Å². The molecule has 0 aliphatic heterocycles. The largest absolute Gasteiger partial charge is 0.489 e. The Labute approximate surface area is 105 Å². The number of rotatable bonds is 5. The van der Waals surface area contributed by atoms with E-state index in [0.29, 0.717) is 6.61 Å². The average Bonchev–Trinajstić information content (AvgIpc) is 2.85. The zero-order valence-electron chi connectivity index (χ0n) is 9.68. The molecule has 0 aliphatic carbocycles. The fourth-order valence-corrected chi connectivity index (χ4v) is 2.22. The lowest BCUT2D eigenvalue weighted by atomic mass is 10.2. The Hall–Kier alpha value is -1.61. The van der Waals surface area contributed by atoms with Gasteiger partial charge in [-0.15, -0.1) is 11.3 Å². The van der Waals surface area contributed by atoms with Crippen molar-refractivity contribution in [2.24, 2.45) is 0 Å². The van der Waals surface area contributed by atoms with Crippen LogP contribution in [0.2, 0.25) is 0 Å². The molecule has 2 rings (SSSR count).